The summed E-state index contributed by atoms with van der Waals surface area (Å²) in [4.78, 5) is 3.81. The Morgan fingerprint density at radius 1 is 1.29 bits per heavy atom. The highest BCUT2D eigenvalue weighted by Crippen LogP contribution is 2.21. The Labute approximate surface area is 98.8 Å². The van der Waals surface area contributed by atoms with E-state index in [0.29, 0.717) is 23.0 Å². The minimum atomic E-state index is 0.299. The van der Waals surface area contributed by atoms with E-state index < -0.39 is 0 Å². The number of benzene rings is 1. The van der Waals surface area contributed by atoms with Crippen molar-refractivity contribution in [3.8, 4) is 11.6 Å². The molecule has 1 heterocycles. The van der Waals surface area contributed by atoms with Crippen LogP contribution in [0.3, 0.4) is 0 Å². The van der Waals surface area contributed by atoms with Gasteiger partial charge in [0, 0.05) is 0 Å². The molecule has 0 spiro atoms. The van der Waals surface area contributed by atoms with Gasteiger partial charge in [-0.15, -0.1) is 0 Å². The van der Waals surface area contributed by atoms with Crippen LogP contribution in [0, 0.1) is 5.21 Å². The van der Waals surface area contributed by atoms with E-state index in [0.717, 1.165) is 11.9 Å². The highest BCUT2D eigenvalue weighted by atomic mass is 16.5. The van der Waals surface area contributed by atoms with E-state index in [1.807, 2.05) is 30.3 Å². The molecule has 88 valence electrons. The number of rotatable bonds is 4. The molecule has 1 aromatic carbocycles. The third-order valence-corrected chi connectivity index (χ3v) is 2.17. The SMILES string of the molecule is COc1nc[n+]([O-])cc1OCc1ccccc1. The minimum absolute atomic E-state index is 0.299. The lowest BCUT2D eigenvalue weighted by Gasteiger charge is -2.08. The molecule has 5 nitrogen and oxygen atoms in total. The Morgan fingerprint density at radius 2 is 2.06 bits per heavy atom. The van der Waals surface area contributed by atoms with E-state index in [1.165, 1.54) is 13.3 Å². The molecular formula is C12H12N2O3. The molecule has 0 saturated heterocycles. The molecule has 0 radical (unpaired) electrons. The molecule has 0 unspecified atom stereocenters. The van der Waals surface area contributed by atoms with Crippen molar-refractivity contribution in [3.63, 3.8) is 0 Å². The largest absolute Gasteiger partial charge is 0.711 e. The second-order valence-corrected chi connectivity index (χ2v) is 3.38. The first-order chi connectivity index (χ1) is 8.29. The fourth-order valence-corrected chi connectivity index (χ4v) is 1.36. The lowest BCUT2D eigenvalue weighted by Crippen LogP contribution is -2.25. The molecule has 0 bridgehead atoms. The summed E-state index contributed by atoms with van der Waals surface area (Å²) in [5.41, 5.74) is 1.01. The quantitative estimate of drug-likeness (QED) is 0.589. The van der Waals surface area contributed by atoms with Gasteiger partial charge in [-0.2, -0.15) is 0 Å². The number of nitrogens with zero attached hydrogens (tertiary/aromatic N) is 2. The topological polar surface area (TPSA) is 58.3 Å². The Kier molecular flexibility index (Phi) is 3.40. The van der Waals surface area contributed by atoms with Crippen molar-refractivity contribution in [2.75, 3.05) is 7.11 Å². The van der Waals surface area contributed by atoms with Crippen LogP contribution in [0.25, 0.3) is 0 Å². The summed E-state index contributed by atoms with van der Waals surface area (Å²) in [6, 6.07) is 9.65. The third kappa shape index (κ3) is 2.84. The summed E-state index contributed by atoms with van der Waals surface area (Å²) in [5, 5.41) is 11.1. The van der Waals surface area contributed by atoms with Crippen LogP contribution in [0.5, 0.6) is 11.6 Å². The van der Waals surface area contributed by atoms with Crippen LogP contribution in [-0.2, 0) is 6.61 Å². The predicted molar refractivity (Wildman–Crippen MR) is 60.5 cm³/mol. The van der Waals surface area contributed by atoms with Crippen LogP contribution in [0.1, 0.15) is 5.56 Å². The van der Waals surface area contributed by atoms with Crippen molar-refractivity contribution in [1.82, 2.24) is 4.98 Å². The van der Waals surface area contributed by atoms with E-state index in [2.05, 4.69) is 4.98 Å². The molecule has 2 rings (SSSR count). The van der Waals surface area contributed by atoms with Gasteiger partial charge in [-0.3, -0.25) is 0 Å². The zero-order chi connectivity index (χ0) is 12.1. The Hall–Kier alpha value is -2.30. The first-order valence-corrected chi connectivity index (χ1v) is 5.09. The van der Waals surface area contributed by atoms with Crippen LogP contribution in [0.4, 0.5) is 0 Å². The summed E-state index contributed by atoms with van der Waals surface area (Å²) in [6.45, 7) is 0.364. The highest BCUT2D eigenvalue weighted by molar-refractivity contribution is 5.28. The average molecular weight is 232 g/mol. The molecule has 0 fully saturated rings. The van der Waals surface area contributed by atoms with Crippen molar-refractivity contribution in [2.24, 2.45) is 0 Å². The van der Waals surface area contributed by atoms with Crippen molar-refractivity contribution < 1.29 is 14.2 Å². The Bertz CT molecular complexity index is 488. The van der Waals surface area contributed by atoms with Gasteiger partial charge in [0.1, 0.15) is 12.8 Å². The molecule has 0 aliphatic rings. The first kappa shape index (κ1) is 11.2. The number of ether oxygens (including phenoxy) is 2. The Morgan fingerprint density at radius 3 is 2.76 bits per heavy atom. The molecule has 0 N–H and O–H groups in total. The summed E-state index contributed by atoms with van der Waals surface area (Å²) < 4.78 is 11.1. The summed E-state index contributed by atoms with van der Waals surface area (Å²) in [7, 11) is 1.48. The van der Waals surface area contributed by atoms with Crippen molar-refractivity contribution in [1.29, 1.82) is 0 Å². The van der Waals surface area contributed by atoms with Gasteiger partial charge in [0.2, 0.25) is 5.75 Å². The van der Waals surface area contributed by atoms with Gasteiger partial charge in [-0.25, -0.2) is 4.73 Å². The van der Waals surface area contributed by atoms with Gasteiger partial charge in [0.15, 0.2) is 0 Å². The van der Waals surface area contributed by atoms with Crippen molar-refractivity contribution >= 4 is 0 Å². The Balaban J connectivity index is 2.11. The lowest BCUT2D eigenvalue weighted by atomic mass is 10.2. The standard InChI is InChI=1S/C12H12N2O3/c1-16-12-11(7-14(15)9-13-12)17-8-10-5-3-2-4-6-10/h2-7,9H,8H2,1H3. The zero-order valence-electron chi connectivity index (χ0n) is 9.37. The van der Waals surface area contributed by atoms with Gasteiger partial charge in [-0.05, 0) is 10.5 Å². The molecule has 0 amide bonds. The zero-order valence-corrected chi connectivity index (χ0v) is 9.37. The maximum atomic E-state index is 11.1. The van der Waals surface area contributed by atoms with E-state index in [9.17, 15) is 5.21 Å². The maximum absolute atomic E-state index is 11.1. The molecule has 0 atom stereocenters. The van der Waals surface area contributed by atoms with Crippen LogP contribution < -0.4 is 14.2 Å². The molecule has 1 aromatic heterocycles. The van der Waals surface area contributed by atoms with Crippen molar-refractivity contribution in [3.05, 3.63) is 53.6 Å². The maximum Gasteiger partial charge on any atom is 0.374 e. The molecule has 0 aliphatic carbocycles. The van der Waals surface area contributed by atoms with Gasteiger partial charge >= 0.3 is 5.88 Å². The molecule has 17 heavy (non-hydrogen) atoms. The van der Waals surface area contributed by atoms with Gasteiger partial charge in [-0.1, -0.05) is 30.3 Å². The van der Waals surface area contributed by atoms with Gasteiger partial charge in [0.25, 0.3) is 6.33 Å². The average Bonchev–Trinajstić information content (AvgIpc) is 2.38. The summed E-state index contributed by atoms with van der Waals surface area (Å²) in [6.07, 6.45) is 2.41. The van der Waals surface area contributed by atoms with E-state index in [1.54, 1.807) is 0 Å². The minimum Gasteiger partial charge on any atom is -0.711 e. The van der Waals surface area contributed by atoms with Crippen LogP contribution >= 0.6 is 0 Å². The lowest BCUT2D eigenvalue weighted by molar-refractivity contribution is -0.609. The number of hydrogen-bond acceptors (Lipinski definition) is 4. The molecule has 0 saturated carbocycles. The van der Waals surface area contributed by atoms with Gasteiger partial charge < -0.3 is 14.7 Å². The second-order valence-electron chi connectivity index (χ2n) is 3.38. The van der Waals surface area contributed by atoms with E-state index in [-0.39, 0.29) is 0 Å². The fourth-order valence-electron chi connectivity index (χ4n) is 1.36. The molecule has 0 aliphatic heterocycles. The number of methoxy groups -OCH3 is 1. The molecule has 5 heteroatoms. The van der Waals surface area contributed by atoms with Gasteiger partial charge in [0.05, 0.1) is 7.11 Å². The van der Waals surface area contributed by atoms with E-state index in [4.69, 9.17) is 9.47 Å². The monoisotopic (exact) mass is 232 g/mol. The second kappa shape index (κ2) is 5.16. The normalized spacial score (nSPS) is 9.94. The van der Waals surface area contributed by atoms with Crippen LogP contribution in [-0.4, -0.2) is 12.1 Å². The number of hydrogen-bond donors (Lipinski definition) is 0. The van der Waals surface area contributed by atoms with E-state index >= 15 is 0 Å². The third-order valence-electron chi connectivity index (χ3n) is 2.17. The summed E-state index contributed by atoms with van der Waals surface area (Å²) in [5.74, 6) is 0.627. The molecule has 2 aromatic rings. The first-order valence-electron chi connectivity index (χ1n) is 5.09. The smallest absolute Gasteiger partial charge is 0.374 e. The number of aromatic nitrogens is 2. The molecular weight excluding hydrogens is 220 g/mol. The van der Waals surface area contributed by atoms with Crippen molar-refractivity contribution in [2.45, 2.75) is 6.61 Å². The summed E-state index contributed by atoms with van der Waals surface area (Å²) >= 11 is 0. The fraction of sp³-hybridized carbons (Fsp3) is 0.167. The van der Waals surface area contributed by atoms with Crippen LogP contribution in [0.2, 0.25) is 0 Å². The predicted octanol–water partition coefficient (Wildman–Crippen LogP) is 1.30. The van der Waals surface area contributed by atoms with Crippen LogP contribution in [0.15, 0.2) is 42.9 Å². The highest BCUT2D eigenvalue weighted by Gasteiger charge is 2.12.